The first kappa shape index (κ1) is 19.7. The molecule has 25 heavy (non-hydrogen) atoms. The van der Waals surface area contributed by atoms with Gasteiger partial charge in [-0.1, -0.05) is 6.92 Å². The quantitative estimate of drug-likeness (QED) is 0.818. The summed E-state index contributed by atoms with van der Waals surface area (Å²) in [6, 6.07) is 4.61. The van der Waals surface area contributed by atoms with Crippen LogP contribution in [0.3, 0.4) is 0 Å². The highest BCUT2D eigenvalue weighted by atomic mass is 19.1. The van der Waals surface area contributed by atoms with Crippen molar-refractivity contribution in [2.45, 2.75) is 39.3 Å². The molecule has 5 nitrogen and oxygen atoms in total. The van der Waals surface area contributed by atoms with Crippen molar-refractivity contribution in [2.75, 3.05) is 39.8 Å². The van der Waals surface area contributed by atoms with Crippen molar-refractivity contribution in [2.24, 2.45) is 0 Å². The minimum Gasteiger partial charge on any atom is -0.496 e. The lowest BCUT2D eigenvalue weighted by Gasteiger charge is -2.35. The van der Waals surface area contributed by atoms with Gasteiger partial charge in [-0.2, -0.15) is 0 Å². The number of carbonyl (C=O) groups is 1. The van der Waals surface area contributed by atoms with Crippen molar-refractivity contribution in [1.82, 2.24) is 15.1 Å². The van der Waals surface area contributed by atoms with Gasteiger partial charge in [-0.05, 0) is 38.5 Å². The highest BCUT2D eigenvalue weighted by molar-refractivity contribution is 5.78. The van der Waals surface area contributed by atoms with Crippen LogP contribution < -0.4 is 10.1 Å². The molecule has 1 fully saturated rings. The van der Waals surface area contributed by atoms with Gasteiger partial charge < -0.3 is 10.1 Å². The molecule has 1 aliphatic rings. The number of benzene rings is 1. The third-order valence-electron chi connectivity index (χ3n) is 4.83. The molecule has 0 aromatic heterocycles. The number of hydrogen-bond donors (Lipinski definition) is 1. The Morgan fingerprint density at radius 2 is 1.88 bits per heavy atom. The third-order valence-corrected chi connectivity index (χ3v) is 4.83. The molecule has 6 heteroatoms. The van der Waals surface area contributed by atoms with Gasteiger partial charge in [0.15, 0.2) is 0 Å². The van der Waals surface area contributed by atoms with Crippen LogP contribution in [0.25, 0.3) is 0 Å². The molecule has 140 valence electrons. The second-order valence-corrected chi connectivity index (χ2v) is 7.29. The van der Waals surface area contributed by atoms with Crippen LogP contribution in [0.1, 0.15) is 32.8 Å². The molecule has 0 spiro atoms. The molecule has 1 amide bonds. The van der Waals surface area contributed by atoms with Crippen molar-refractivity contribution in [3.05, 3.63) is 29.6 Å². The van der Waals surface area contributed by atoms with E-state index in [2.05, 4.69) is 22.0 Å². The lowest BCUT2D eigenvalue weighted by Crippen LogP contribution is -2.52. The molecule has 0 bridgehead atoms. The Kier molecular flexibility index (Phi) is 6.79. The molecule has 1 heterocycles. The molecular weight excluding hydrogens is 321 g/mol. The van der Waals surface area contributed by atoms with E-state index in [9.17, 15) is 9.18 Å². The van der Waals surface area contributed by atoms with Crippen molar-refractivity contribution < 1.29 is 13.9 Å². The second-order valence-electron chi connectivity index (χ2n) is 7.29. The lowest BCUT2D eigenvalue weighted by atomic mass is 10.0. The topological polar surface area (TPSA) is 44.8 Å². The summed E-state index contributed by atoms with van der Waals surface area (Å²) in [7, 11) is 1.60. The standard InChI is InChI=1S/C19H30FN3O2/c1-5-19(2,3)21-18(24)14-23-10-8-22(9-11-23)13-15-12-16(20)6-7-17(15)25-4/h6-7,12H,5,8-11,13-14H2,1-4H3,(H,21,24). The fourth-order valence-corrected chi connectivity index (χ4v) is 2.93. The minimum atomic E-state index is -0.246. The van der Waals surface area contributed by atoms with Crippen LogP contribution in [0.4, 0.5) is 4.39 Å². The first-order chi connectivity index (χ1) is 11.8. The molecule has 1 saturated heterocycles. The van der Waals surface area contributed by atoms with Gasteiger partial charge in [-0.3, -0.25) is 14.6 Å². The molecule has 0 radical (unpaired) electrons. The van der Waals surface area contributed by atoms with Crippen molar-refractivity contribution >= 4 is 5.91 Å². The maximum Gasteiger partial charge on any atom is 0.234 e. The number of rotatable bonds is 7. The first-order valence-electron chi connectivity index (χ1n) is 8.91. The number of nitrogens with zero attached hydrogens (tertiary/aromatic N) is 2. The minimum absolute atomic E-state index is 0.0760. The number of nitrogens with one attached hydrogen (secondary N) is 1. The molecule has 1 N–H and O–H groups in total. The number of ether oxygens (including phenoxy) is 1. The number of piperazine rings is 1. The maximum absolute atomic E-state index is 13.5. The fraction of sp³-hybridized carbons (Fsp3) is 0.632. The van der Waals surface area contributed by atoms with Gasteiger partial charge in [0.1, 0.15) is 11.6 Å². The van der Waals surface area contributed by atoms with Gasteiger partial charge in [0.05, 0.1) is 13.7 Å². The van der Waals surface area contributed by atoms with Crippen LogP contribution in [0.5, 0.6) is 5.75 Å². The van der Waals surface area contributed by atoms with Crippen LogP contribution >= 0.6 is 0 Å². The van der Waals surface area contributed by atoms with Crippen LogP contribution in [0, 0.1) is 5.82 Å². The van der Waals surface area contributed by atoms with Crippen LogP contribution in [0.2, 0.25) is 0 Å². The summed E-state index contributed by atoms with van der Waals surface area (Å²) in [4.78, 5) is 16.6. The maximum atomic E-state index is 13.5. The summed E-state index contributed by atoms with van der Waals surface area (Å²) >= 11 is 0. The Hall–Kier alpha value is -1.66. The zero-order valence-electron chi connectivity index (χ0n) is 15.8. The van der Waals surface area contributed by atoms with E-state index in [0.29, 0.717) is 18.8 Å². The monoisotopic (exact) mass is 351 g/mol. The highest BCUT2D eigenvalue weighted by Crippen LogP contribution is 2.21. The number of halogens is 1. The van der Waals surface area contributed by atoms with E-state index in [4.69, 9.17) is 4.74 Å². The summed E-state index contributed by atoms with van der Waals surface area (Å²) in [5.74, 6) is 0.543. The number of methoxy groups -OCH3 is 1. The lowest BCUT2D eigenvalue weighted by molar-refractivity contribution is -0.124. The molecule has 0 aliphatic carbocycles. The molecule has 0 atom stereocenters. The van der Waals surface area contributed by atoms with Crippen LogP contribution in [0.15, 0.2) is 18.2 Å². The first-order valence-corrected chi connectivity index (χ1v) is 8.91. The zero-order chi connectivity index (χ0) is 18.4. The summed E-state index contributed by atoms with van der Waals surface area (Å²) in [5, 5.41) is 3.07. The van der Waals surface area contributed by atoms with Gasteiger partial charge in [-0.25, -0.2) is 4.39 Å². The largest absolute Gasteiger partial charge is 0.496 e. The van der Waals surface area contributed by atoms with E-state index in [0.717, 1.165) is 38.2 Å². The molecular formula is C19H30FN3O2. The second kappa shape index (κ2) is 8.63. The molecule has 1 aliphatic heterocycles. The smallest absolute Gasteiger partial charge is 0.234 e. The Balaban J connectivity index is 1.82. The van der Waals surface area contributed by atoms with E-state index in [1.54, 1.807) is 13.2 Å². The molecule has 0 unspecified atom stereocenters. The summed E-state index contributed by atoms with van der Waals surface area (Å²) in [5.41, 5.74) is 0.700. The van der Waals surface area contributed by atoms with Crippen molar-refractivity contribution in [1.29, 1.82) is 0 Å². The normalized spacial score (nSPS) is 16.7. The van der Waals surface area contributed by atoms with Crippen molar-refractivity contribution in [3.63, 3.8) is 0 Å². The van der Waals surface area contributed by atoms with Crippen molar-refractivity contribution in [3.8, 4) is 5.75 Å². The molecule has 0 saturated carbocycles. The Morgan fingerprint density at radius 1 is 1.24 bits per heavy atom. The van der Waals surface area contributed by atoms with Gasteiger partial charge in [0, 0.05) is 43.8 Å². The summed E-state index contributed by atoms with van der Waals surface area (Å²) in [6.45, 7) is 10.6. The average molecular weight is 351 g/mol. The fourth-order valence-electron chi connectivity index (χ4n) is 2.93. The Bertz CT molecular complexity index is 584. The van der Waals surface area contributed by atoms with E-state index in [-0.39, 0.29) is 17.3 Å². The van der Waals surface area contributed by atoms with E-state index < -0.39 is 0 Å². The zero-order valence-corrected chi connectivity index (χ0v) is 15.8. The number of carbonyl (C=O) groups excluding carboxylic acids is 1. The number of hydrogen-bond acceptors (Lipinski definition) is 4. The Morgan fingerprint density at radius 3 is 2.48 bits per heavy atom. The molecule has 1 aromatic rings. The summed E-state index contributed by atoms with van der Waals surface area (Å²) < 4.78 is 18.8. The third kappa shape index (κ3) is 5.97. The van der Waals surface area contributed by atoms with E-state index in [1.807, 2.05) is 13.8 Å². The van der Waals surface area contributed by atoms with Gasteiger partial charge in [0.2, 0.25) is 5.91 Å². The summed E-state index contributed by atoms with van der Waals surface area (Å²) in [6.07, 6.45) is 0.905. The Labute approximate surface area is 150 Å². The average Bonchev–Trinajstić information content (AvgIpc) is 2.56. The molecule has 2 rings (SSSR count). The number of amides is 1. The van der Waals surface area contributed by atoms with Gasteiger partial charge in [-0.15, -0.1) is 0 Å². The molecule has 1 aromatic carbocycles. The van der Waals surface area contributed by atoms with E-state index in [1.165, 1.54) is 12.1 Å². The van der Waals surface area contributed by atoms with Crippen LogP contribution in [-0.2, 0) is 11.3 Å². The highest BCUT2D eigenvalue weighted by Gasteiger charge is 2.23. The van der Waals surface area contributed by atoms with E-state index >= 15 is 0 Å². The van der Waals surface area contributed by atoms with Gasteiger partial charge >= 0.3 is 0 Å². The predicted molar refractivity (Wildman–Crippen MR) is 97.2 cm³/mol. The van der Waals surface area contributed by atoms with Gasteiger partial charge in [0.25, 0.3) is 0 Å². The SMILES string of the molecule is CCC(C)(C)NC(=O)CN1CCN(Cc2cc(F)ccc2OC)CC1. The predicted octanol–water partition coefficient (Wildman–Crippen LogP) is 2.26. The van der Waals surface area contributed by atoms with Crippen LogP contribution in [-0.4, -0.2) is 61.1 Å².